The molecule has 7 nitrogen and oxygen atoms in total. The summed E-state index contributed by atoms with van der Waals surface area (Å²) in [5.74, 6) is 1.03. The highest BCUT2D eigenvalue weighted by atomic mass is 32.2. The molecule has 1 N–H and O–H groups in total. The molecule has 2 aromatic carbocycles. The van der Waals surface area contributed by atoms with Crippen LogP contribution < -0.4 is 14.8 Å². The molecule has 3 rings (SSSR count). The highest BCUT2D eigenvalue weighted by Crippen LogP contribution is 2.31. The predicted molar refractivity (Wildman–Crippen MR) is 120 cm³/mol. The Kier molecular flexibility index (Phi) is 7.57. The molecule has 1 aliphatic heterocycles. The zero-order valence-electron chi connectivity index (χ0n) is 17.8. The maximum absolute atomic E-state index is 12.8. The Morgan fingerprint density at radius 2 is 1.84 bits per heavy atom. The van der Waals surface area contributed by atoms with Crippen LogP contribution in [0.5, 0.6) is 11.5 Å². The van der Waals surface area contributed by atoms with Gasteiger partial charge >= 0.3 is 0 Å². The number of carbonyl (C=O) groups excluding carboxylic acids is 3. The topological polar surface area (TPSA) is 84.9 Å². The summed E-state index contributed by atoms with van der Waals surface area (Å²) in [4.78, 5) is 37.7. The third kappa shape index (κ3) is 5.58. The Hall–Kier alpha value is -3.00. The van der Waals surface area contributed by atoms with Gasteiger partial charge in [0.05, 0.1) is 31.6 Å². The molecule has 3 amide bonds. The van der Waals surface area contributed by atoms with E-state index in [0.717, 1.165) is 22.9 Å². The molecule has 0 aliphatic carbocycles. The van der Waals surface area contributed by atoms with Gasteiger partial charge in [-0.3, -0.25) is 19.3 Å². The van der Waals surface area contributed by atoms with E-state index in [2.05, 4.69) is 5.32 Å². The van der Waals surface area contributed by atoms with Crippen LogP contribution in [-0.2, 0) is 11.3 Å². The van der Waals surface area contributed by atoms with Crippen LogP contribution in [0.2, 0.25) is 0 Å². The van der Waals surface area contributed by atoms with E-state index in [1.807, 2.05) is 39.0 Å². The Morgan fingerprint density at radius 1 is 1.10 bits per heavy atom. The lowest BCUT2D eigenvalue weighted by Gasteiger charge is -2.18. The molecule has 0 radical (unpaired) electrons. The van der Waals surface area contributed by atoms with E-state index in [1.165, 1.54) is 4.90 Å². The summed E-state index contributed by atoms with van der Waals surface area (Å²) in [6.45, 7) is 6.92. The lowest BCUT2D eigenvalue weighted by molar-refractivity contribution is -0.125. The van der Waals surface area contributed by atoms with Gasteiger partial charge in [0.15, 0.2) is 11.5 Å². The van der Waals surface area contributed by atoms with Gasteiger partial charge in [-0.05, 0) is 56.2 Å². The second-order valence-electron chi connectivity index (χ2n) is 7.00. The smallest absolute Gasteiger partial charge is 0.289 e. The predicted octanol–water partition coefficient (Wildman–Crippen LogP) is 4.17. The van der Waals surface area contributed by atoms with Crippen molar-refractivity contribution >= 4 is 28.8 Å². The van der Waals surface area contributed by atoms with Crippen LogP contribution in [0, 0.1) is 0 Å². The van der Waals surface area contributed by atoms with E-state index >= 15 is 0 Å². The quantitative estimate of drug-likeness (QED) is 0.627. The number of hydrogen-bond donors (Lipinski definition) is 1. The molecule has 1 fully saturated rings. The summed E-state index contributed by atoms with van der Waals surface area (Å²) in [5, 5.41) is 2.73. The van der Waals surface area contributed by atoms with Crippen LogP contribution in [0.3, 0.4) is 0 Å². The summed E-state index contributed by atoms with van der Waals surface area (Å²) >= 11 is 0.997. The molecule has 0 bridgehead atoms. The van der Waals surface area contributed by atoms with Gasteiger partial charge in [0.2, 0.25) is 5.91 Å². The molecule has 31 heavy (non-hydrogen) atoms. The first-order chi connectivity index (χ1) is 14.9. The minimum Gasteiger partial charge on any atom is -0.490 e. The van der Waals surface area contributed by atoms with Gasteiger partial charge in [-0.1, -0.05) is 30.0 Å². The van der Waals surface area contributed by atoms with Crippen molar-refractivity contribution in [2.24, 2.45) is 0 Å². The van der Waals surface area contributed by atoms with E-state index in [0.29, 0.717) is 30.3 Å². The highest BCUT2D eigenvalue weighted by Gasteiger charge is 2.29. The lowest BCUT2D eigenvalue weighted by atomic mass is 10.1. The summed E-state index contributed by atoms with van der Waals surface area (Å²) in [6.07, 6.45) is 0. The van der Waals surface area contributed by atoms with Crippen molar-refractivity contribution in [3.05, 3.63) is 59.2 Å². The monoisotopic (exact) mass is 442 g/mol. The number of thioether (sulfide) groups is 1. The van der Waals surface area contributed by atoms with Gasteiger partial charge in [0, 0.05) is 5.56 Å². The van der Waals surface area contributed by atoms with Crippen molar-refractivity contribution in [3.8, 4) is 11.5 Å². The standard InChI is InChI=1S/C23H26N2O5S/c1-4-29-19-10-9-17(12-20(19)30-5-2)15(3)24-22(27)18-8-6-7-16(11-18)13-25-21(26)14-31-23(25)28/h6-12,15H,4-5,13-14H2,1-3H3,(H,24,27). The van der Waals surface area contributed by atoms with Gasteiger partial charge in [-0.2, -0.15) is 0 Å². The molecule has 1 unspecified atom stereocenters. The third-order valence-electron chi connectivity index (χ3n) is 4.79. The average molecular weight is 443 g/mol. The average Bonchev–Trinajstić information content (AvgIpc) is 3.07. The SMILES string of the molecule is CCOc1ccc(C(C)NC(=O)c2cccc(CN3C(=O)CSC3=O)c2)cc1OCC. The fourth-order valence-corrected chi connectivity index (χ4v) is 3.95. The molecule has 1 aliphatic rings. The van der Waals surface area contributed by atoms with Gasteiger partial charge in [-0.25, -0.2) is 0 Å². The number of hydrogen-bond acceptors (Lipinski definition) is 6. The Labute approximate surface area is 186 Å². The zero-order chi connectivity index (χ0) is 22.4. The van der Waals surface area contributed by atoms with E-state index in [-0.39, 0.29) is 35.4 Å². The highest BCUT2D eigenvalue weighted by molar-refractivity contribution is 8.14. The summed E-state index contributed by atoms with van der Waals surface area (Å²) < 4.78 is 11.3. The molecule has 2 aromatic rings. The number of ether oxygens (including phenoxy) is 2. The van der Waals surface area contributed by atoms with Crippen LogP contribution in [-0.4, -0.2) is 40.9 Å². The zero-order valence-corrected chi connectivity index (χ0v) is 18.7. The van der Waals surface area contributed by atoms with Gasteiger partial charge < -0.3 is 14.8 Å². The van der Waals surface area contributed by atoms with E-state index in [9.17, 15) is 14.4 Å². The largest absolute Gasteiger partial charge is 0.490 e. The first-order valence-electron chi connectivity index (χ1n) is 10.2. The fraction of sp³-hybridized carbons (Fsp3) is 0.348. The van der Waals surface area contributed by atoms with Gasteiger partial charge in [-0.15, -0.1) is 0 Å². The third-order valence-corrected chi connectivity index (χ3v) is 5.64. The van der Waals surface area contributed by atoms with Crippen LogP contribution in [0.15, 0.2) is 42.5 Å². The number of rotatable bonds is 9. The van der Waals surface area contributed by atoms with Gasteiger partial charge in [0.25, 0.3) is 11.1 Å². The first kappa shape index (κ1) is 22.7. The molecule has 0 saturated carbocycles. The fourth-order valence-electron chi connectivity index (χ4n) is 3.23. The maximum atomic E-state index is 12.8. The van der Waals surface area contributed by atoms with Crippen LogP contribution >= 0.6 is 11.8 Å². The molecule has 8 heteroatoms. The first-order valence-corrected chi connectivity index (χ1v) is 11.2. The normalized spacial score (nSPS) is 14.5. The number of benzene rings is 2. The molecule has 1 atom stereocenters. The number of amides is 3. The molecule has 1 heterocycles. The van der Waals surface area contributed by atoms with Gasteiger partial charge in [0.1, 0.15) is 0 Å². The summed E-state index contributed by atoms with van der Waals surface area (Å²) in [5.41, 5.74) is 2.08. The molecular weight excluding hydrogens is 416 g/mol. The number of imide groups is 1. The van der Waals surface area contributed by atoms with E-state index in [4.69, 9.17) is 9.47 Å². The minimum atomic E-state index is -0.260. The van der Waals surface area contributed by atoms with Crippen molar-refractivity contribution < 1.29 is 23.9 Å². The van der Waals surface area contributed by atoms with Crippen molar-refractivity contribution in [1.82, 2.24) is 10.2 Å². The maximum Gasteiger partial charge on any atom is 0.289 e. The Morgan fingerprint density at radius 3 is 2.52 bits per heavy atom. The molecule has 164 valence electrons. The molecule has 0 spiro atoms. The van der Waals surface area contributed by atoms with E-state index < -0.39 is 0 Å². The molecular formula is C23H26N2O5S. The summed E-state index contributed by atoms with van der Waals surface area (Å²) in [7, 11) is 0. The van der Waals surface area contributed by atoms with Crippen molar-refractivity contribution in [2.75, 3.05) is 19.0 Å². The van der Waals surface area contributed by atoms with Crippen molar-refractivity contribution in [2.45, 2.75) is 33.4 Å². The molecule has 1 saturated heterocycles. The van der Waals surface area contributed by atoms with Crippen LogP contribution in [0.25, 0.3) is 0 Å². The van der Waals surface area contributed by atoms with Crippen LogP contribution in [0.4, 0.5) is 4.79 Å². The van der Waals surface area contributed by atoms with Crippen LogP contribution in [0.1, 0.15) is 48.3 Å². The number of nitrogens with one attached hydrogen (secondary N) is 1. The molecule has 0 aromatic heterocycles. The van der Waals surface area contributed by atoms with E-state index in [1.54, 1.807) is 24.3 Å². The second-order valence-corrected chi connectivity index (χ2v) is 7.93. The summed E-state index contributed by atoms with van der Waals surface area (Å²) in [6, 6.07) is 12.3. The number of nitrogens with zero attached hydrogens (tertiary/aromatic N) is 1. The Bertz CT molecular complexity index is 962. The lowest BCUT2D eigenvalue weighted by Crippen LogP contribution is -2.29. The minimum absolute atomic E-state index is 0.165. The second kappa shape index (κ2) is 10.3. The Balaban J connectivity index is 1.70. The van der Waals surface area contributed by atoms with Crippen molar-refractivity contribution in [1.29, 1.82) is 0 Å². The van der Waals surface area contributed by atoms with Crippen molar-refractivity contribution in [3.63, 3.8) is 0 Å². The number of carbonyl (C=O) groups is 3.